The van der Waals surface area contributed by atoms with Crippen molar-refractivity contribution in [3.63, 3.8) is 0 Å². The molecule has 3 aromatic rings. The van der Waals surface area contributed by atoms with E-state index in [9.17, 15) is 18.0 Å². The maximum absolute atomic E-state index is 12.5. The number of carbonyl (C=O) groups is 1. The number of fused-ring (bicyclic) bond motifs is 1. The lowest BCUT2D eigenvalue weighted by atomic mass is 9.98. The minimum Gasteiger partial charge on any atom is -0.491 e. The van der Waals surface area contributed by atoms with Crippen LogP contribution in [-0.2, 0) is 21.1 Å². The molecule has 174 valence electrons. The van der Waals surface area contributed by atoms with E-state index in [1.165, 1.54) is 6.07 Å². The van der Waals surface area contributed by atoms with Crippen molar-refractivity contribution >= 4 is 26.7 Å². The first-order valence-corrected chi connectivity index (χ1v) is 12.8. The largest absolute Gasteiger partial charge is 0.491 e. The maximum atomic E-state index is 12.5. The van der Waals surface area contributed by atoms with Crippen molar-refractivity contribution in [3.8, 4) is 16.9 Å². The molecule has 1 amide bonds. The highest BCUT2D eigenvalue weighted by Gasteiger charge is 2.28. The number of sulfone groups is 1. The minimum absolute atomic E-state index is 0.00407. The van der Waals surface area contributed by atoms with Gasteiger partial charge in [0.05, 0.1) is 17.6 Å². The second-order valence-corrected chi connectivity index (χ2v) is 10.9. The summed E-state index contributed by atoms with van der Waals surface area (Å²) in [6, 6.07) is 14.3. The molecule has 33 heavy (non-hydrogen) atoms. The smallest absolute Gasteiger partial charge is 0.336 e. The van der Waals surface area contributed by atoms with E-state index in [4.69, 9.17) is 9.15 Å². The van der Waals surface area contributed by atoms with Crippen LogP contribution < -0.4 is 15.7 Å². The second-order valence-electron chi connectivity index (χ2n) is 8.64. The molecule has 1 fully saturated rings. The van der Waals surface area contributed by atoms with Gasteiger partial charge >= 0.3 is 5.63 Å². The molecule has 0 spiro atoms. The molecule has 1 aromatic heterocycles. The van der Waals surface area contributed by atoms with Gasteiger partial charge in [-0.25, -0.2) is 13.2 Å². The molecule has 2 heterocycles. The Bertz CT molecular complexity index is 1330. The van der Waals surface area contributed by atoms with Crippen molar-refractivity contribution in [3.05, 3.63) is 64.5 Å². The lowest BCUT2D eigenvalue weighted by Gasteiger charge is -2.17. The van der Waals surface area contributed by atoms with Crippen molar-refractivity contribution < 1.29 is 22.4 Å². The molecular weight excluding hydrogens is 442 g/mol. The number of rotatable bonds is 7. The summed E-state index contributed by atoms with van der Waals surface area (Å²) in [5.41, 5.74) is 2.42. The van der Waals surface area contributed by atoms with Gasteiger partial charge in [-0.15, -0.1) is 0 Å². The van der Waals surface area contributed by atoms with Gasteiger partial charge in [-0.3, -0.25) is 4.79 Å². The van der Waals surface area contributed by atoms with Crippen molar-refractivity contribution in [2.75, 3.05) is 11.5 Å². The molecule has 8 heteroatoms. The zero-order valence-corrected chi connectivity index (χ0v) is 19.5. The highest BCUT2D eigenvalue weighted by atomic mass is 32.2. The van der Waals surface area contributed by atoms with Gasteiger partial charge in [0, 0.05) is 30.0 Å². The van der Waals surface area contributed by atoms with Crippen LogP contribution in [0.3, 0.4) is 0 Å². The Morgan fingerprint density at radius 2 is 1.94 bits per heavy atom. The molecule has 2 aromatic carbocycles. The van der Waals surface area contributed by atoms with Crippen LogP contribution in [0, 0.1) is 0 Å². The molecule has 4 rings (SSSR count). The third-order valence-corrected chi connectivity index (χ3v) is 7.36. The van der Waals surface area contributed by atoms with Crippen LogP contribution in [-0.4, -0.2) is 38.0 Å². The third kappa shape index (κ3) is 5.63. The van der Waals surface area contributed by atoms with E-state index in [1.807, 2.05) is 50.2 Å². The third-order valence-electron chi connectivity index (χ3n) is 5.59. The number of benzene rings is 2. The van der Waals surface area contributed by atoms with Crippen molar-refractivity contribution in [1.29, 1.82) is 0 Å². The van der Waals surface area contributed by atoms with Crippen LogP contribution in [0.2, 0.25) is 0 Å². The molecule has 0 radical (unpaired) electrons. The van der Waals surface area contributed by atoms with Crippen LogP contribution in [0.5, 0.6) is 5.75 Å². The maximum Gasteiger partial charge on any atom is 0.336 e. The van der Waals surface area contributed by atoms with Crippen LogP contribution in [0.1, 0.15) is 32.3 Å². The summed E-state index contributed by atoms with van der Waals surface area (Å²) in [6.07, 6.45) is 0.929. The monoisotopic (exact) mass is 469 g/mol. The first-order valence-electron chi connectivity index (χ1n) is 11.0. The van der Waals surface area contributed by atoms with Crippen molar-refractivity contribution in [2.24, 2.45) is 0 Å². The molecule has 1 atom stereocenters. The normalized spacial score (nSPS) is 17.4. The summed E-state index contributed by atoms with van der Waals surface area (Å²) >= 11 is 0. The number of amides is 1. The molecular formula is C25H27NO6S. The van der Waals surface area contributed by atoms with E-state index < -0.39 is 15.5 Å². The van der Waals surface area contributed by atoms with E-state index in [1.54, 1.807) is 6.07 Å². The Hall–Kier alpha value is -3.13. The first-order chi connectivity index (χ1) is 15.7. The summed E-state index contributed by atoms with van der Waals surface area (Å²) in [6.45, 7) is 3.80. The minimum atomic E-state index is -3.06. The quantitative estimate of drug-likeness (QED) is 0.532. The van der Waals surface area contributed by atoms with E-state index in [0.29, 0.717) is 24.2 Å². The number of hydrogen-bond acceptors (Lipinski definition) is 6. The molecule has 0 bridgehead atoms. The average molecular weight is 470 g/mol. The summed E-state index contributed by atoms with van der Waals surface area (Å²) in [5.74, 6) is 0.468. The van der Waals surface area contributed by atoms with E-state index in [2.05, 4.69) is 5.32 Å². The van der Waals surface area contributed by atoms with Gasteiger partial charge in [-0.1, -0.05) is 30.3 Å². The van der Waals surface area contributed by atoms with Crippen LogP contribution in [0.25, 0.3) is 22.1 Å². The fourth-order valence-corrected chi connectivity index (χ4v) is 5.78. The number of hydrogen-bond donors (Lipinski definition) is 1. The van der Waals surface area contributed by atoms with Gasteiger partial charge in [0.2, 0.25) is 5.91 Å². The Balaban J connectivity index is 1.64. The second kappa shape index (κ2) is 9.39. The van der Waals surface area contributed by atoms with E-state index in [-0.39, 0.29) is 36.0 Å². The fraction of sp³-hybridized carbons (Fsp3) is 0.360. The Morgan fingerprint density at radius 1 is 1.18 bits per heavy atom. The number of carbonyl (C=O) groups excluding carboxylic acids is 1. The highest BCUT2D eigenvalue weighted by Crippen LogP contribution is 2.33. The van der Waals surface area contributed by atoms with Gasteiger partial charge in [-0.05, 0) is 49.4 Å². The predicted octanol–water partition coefficient (Wildman–Crippen LogP) is 3.48. The van der Waals surface area contributed by atoms with Gasteiger partial charge in [0.15, 0.2) is 9.84 Å². The molecule has 1 aliphatic rings. The molecule has 1 saturated heterocycles. The topological polar surface area (TPSA) is 103 Å². The molecule has 1 unspecified atom stereocenters. The predicted molar refractivity (Wildman–Crippen MR) is 127 cm³/mol. The van der Waals surface area contributed by atoms with Gasteiger partial charge in [0.25, 0.3) is 0 Å². The number of ether oxygens (including phenoxy) is 1. The standard InChI is InChI=1S/C25H27NO6S/c1-16(2)31-22-14-23-21(20(13-25(28)32-23)17-6-4-3-5-7-17)12-18(22)8-9-24(27)26-19-10-11-33(29,30)15-19/h3-7,12-14,16,19H,8-11,15H2,1-2H3,(H,26,27). The van der Waals surface area contributed by atoms with Crippen LogP contribution in [0.4, 0.5) is 0 Å². The molecule has 1 N–H and O–H groups in total. The zero-order chi connectivity index (χ0) is 23.6. The molecule has 1 aliphatic heterocycles. The Kier molecular flexibility index (Phi) is 6.56. The summed E-state index contributed by atoms with van der Waals surface area (Å²) in [7, 11) is -3.06. The van der Waals surface area contributed by atoms with Crippen molar-refractivity contribution in [2.45, 2.75) is 45.3 Å². The van der Waals surface area contributed by atoms with Gasteiger partial charge < -0.3 is 14.5 Å². The lowest BCUT2D eigenvalue weighted by Crippen LogP contribution is -2.35. The summed E-state index contributed by atoms with van der Waals surface area (Å²) < 4.78 is 34.7. The SMILES string of the molecule is CC(C)Oc1cc2oc(=O)cc(-c3ccccc3)c2cc1CCC(=O)NC1CCS(=O)(=O)C1. The van der Waals surface area contributed by atoms with Gasteiger partial charge in [0.1, 0.15) is 11.3 Å². The van der Waals surface area contributed by atoms with Crippen molar-refractivity contribution in [1.82, 2.24) is 5.32 Å². The van der Waals surface area contributed by atoms with Gasteiger partial charge in [-0.2, -0.15) is 0 Å². The summed E-state index contributed by atoms with van der Waals surface area (Å²) in [4.78, 5) is 24.7. The first kappa shape index (κ1) is 23.0. The van der Waals surface area contributed by atoms with E-state index >= 15 is 0 Å². The molecule has 0 aliphatic carbocycles. The highest BCUT2D eigenvalue weighted by molar-refractivity contribution is 7.91. The Labute approximate surface area is 192 Å². The zero-order valence-electron chi connectivity index (χ0n) is 18.7. The number of nitrogens with one attached hydrogen (secondary N) is 1. The molecule has 7 nitrogen and oxygen atoms in total. The Morgan fingerprint density at radius 3 is 2.61 bits per heavy atom. The average Bonchev–Trinajstić information content (AvgIpc) is 3.10. The van der Waals surface area contributed by atoms with Crippen LogP contribution in [0.15, 0.2) is 57.7 Å². The summed E-state index contributed by atoms with van der Waals surface area (Å²) in [5, 5.41) is 3.59. The van der Waals surface area contributed by atoms with Crippen LogP contribution >= 0.6 is 0 Å². The number of aryl methyl sites for hydroxylation is 1. The fourth-order valence-electron chi connectivity index (χ4n) is 4.11. The lowest BCUT2D eigenvalue weighted by molar-refractivity contribution is -0.121. The van der Waals surface area contributed by atoms with E-state index in [0.717, 1.165) is 22.1 Å². The molecule has 0 saturated carbocycles.